The molecule has 0 atom stereocenters. The molecule has 0 spiro atoms. The SMILES string of the molecule is Cc1ccc(S(=O)(=O)N(Cc2ccccc2)c2ccccc2C(=O)NCCOc2ccc(S(=O)(=O)N3CCOCC3)cc2)cc1. The number of anilines is 1. The van der Waals surface area contributed by atoms with Crippen molar-refractivity contribution in [1.29, 1.82) is 0 Å². The summed E-state index contributed by atoms with van der Waals surface area (Å²) >= 11 is 0. The maximum absolute atomic E-state index is 13.9. The highest BCUT2D eigenvalue weighted by molar-refractivity contribution is 7.92. The highest BCUT2D eigenvalue weighted by atomic mass is 32.2. The van der Waals surface area contributed by atoms with Gasteiger partial charge in [-0.25, -0.2) is 16.8 Å². The second-order valence-corrected chi connectivity index (χ2v) is 14.2. The second-order valence-electron chi connectivity index (χ2n) is 10.4. The molecule has 236 valence electrons. The van der Waals surface area contributed by atoms with Gasteiger partial charge in [-0.2, -0.15) is 4.31 Å². The molecule has 0 saturated carbocycles. The van der Waals surface area contributed by atoms with Gasteiger partial charge in [0.1, 0.15) is 12.4 Å². The van der Waals surface area contributed by atoms with Crippen LogP contribution in [0.5, 0.6) is 5.75 Å². The van der Waals surface area contributed by atoms with E-state index in [1.165, 1.54) is 20.7 Å². The Morgan fingerprint density at radius 3 is 2.13 bits per heavy atom. The maximum Gasteiger partial charge on any atom is 0.264 e. The van der Waals surface area contributed by atoms with Crippen LogP contribution < -0.4 is 14.4 Å². The van der Waals surface area contributed by atoms with Gasteiger partial charge in [0.2, 0.25) is 10.0 Å². The van der Waals surface area contributed by atoms with Gasteiger partial charge in [0.05, 0.1) is 47.3 Å². The monoisotopic (exact) mass is 649 g/mol. The van der Waals surface area contributed by atoms with Crippen LogP contribution >= 0.6 is 0 Å². The average molecular weight is 650 g/mol. The predicted octanol–water partition coefficient (Wildman–Crippen LogP) is 4.22. The first-order valence-electron chi connectivity index (χ1n) is 14.5. The van der Waals surface area contributed by atoms with Crippen LogP contribution in [0.1, 0.15) is 21.5 Å². The summed E-state index contributed by atoms with van der Waals surface area (Å²) in [5.74, 6) is -0.0119. The topological polar surface area (TPSA) is 122 Å². The molecule has 10 nitrogen and oxygen atoms in total. The number of nitrogens with one attached hydrogen (secondary N) is 1. The van der Waals surface area contributed by atoms with Crippen molar-refractivity contribution in [1.82, 2.24) is 9.62 Å². The lowest BCUT2D eigenvalue weighted by Gasteiger charge is -2.26. The Morgan fingerprint density at radius 2 is 1.44 bits per heavy atom. The number of carbonyl (C=O) groups excluding carboxylic acids is 1. The van der Waals surface area contributed by atoms with Crippen LogP contribution in [0.2, 0.25) is 0 Å². The summed E-state index contributed by atoms with van der Waals surface area (Å²) in [4.78, 5) is 13.7. The minimum absolute atomic E-state index is 0.0295. The van der Waals surface area contributed by atoms with E-state index < -0.39 is 26.0 Å². The minimum Gasteiger partial charge on any atom is -0.492 e. The van der Waals surface area contributed by atoms with Crippen LogP contribution in [0.4, 0.5) is 5.69 Å². The molecule has 1 amide bonds. The fourth-order valence-corrected chi connectivity index (χ4v) is 7.72. The number of carbonyl (C=O) groups is 1. The molecule has 1 saturated heterocycles. The molecule has 0 bridgehead atoms. The summed E-state index contributed by atoms with van der Waals surface area (Å²) in [5.41, 5.74) is 2.14. The molecule has 1 N–H and O–H groups in total. The number of aryl methyl sites for hydroxylation is 1. The first-order valence-corrected chi connectivity index (χ1v) is 17.4. The van der Waals surface area contributed by atoms with E-state index in [4.69, 9.17) is 9.47 Å². The van der Waals surface area contributed by atoms with Crippen molar-refractivity contribution >= 4 is 31.6 Å². The van der Waals surface area contributed by atoms with Gasteiger partial charge in [-0.05, 0) is 61.0 Å². The van der Waals surface area contributed by atoms with E-state index in [-0.39, 0.29) is 40.7 Å². The Morgan fingerprint density at radius 1 is 0.822 bits per heavy atom. The first kappa shape index (κ1) is 32.2. The number of amides is 1. The van der Waals surface area contributed by atoms with Crippen LogP contribution in [-0.2, 0) is 31.3 Å². The third-order valence-electron chi connectivity index (χ3n) is 7.28. The van der Waals surface area contributed by atoms with Crippen molar-refractivity contribution in [3.8, 4) is 5.75 Å². The Hall–Kier alpha value is -4.23. The van der Waals surface area contributed by atoms with E-state index in [0.717, 1.165) is 11.1 Å². The molecular weight excluding hydrogens is 615 g/mol. The number of rotatable bonds is 12. The number of hydrogen-bond donors (Lipinski definition) is 1. The second kappa shape index (κ2) is 14.2. The fraction of sp³-hybridized carbons (Fsp3) is 0.242. The van der Waals surface area contributed by atoms with Gasteiger partial charge in [0.25, 0.3) is 15.9 Å². The molecule has 12 heteroatoms. The zero-order valence-corrected chi connectivity index (χ0v) is 26.5. The molecule has 0 aromatic heterocycles. The zero-order valence-electron chi connectivity index (χ0n) is 24.8. The Kier molecular flexibility index (Phi) is 10.2. The molecule has 0 aliphatic carbocycles. The molecular formula is C33H35N3O7S2. The largest absolute Gasteiger partial charge is 0.492 e. The van der Waals surface area contributed by atoms with Gasteiger partial charge in [0, 0.05) is 13.1 Å². The Balaban J connectivity index is 1.27. The van der Waals surface area contributed by atoms with Crippen LogP contribution in [-0.4, -0.2) is 66.5 Å². The molecule has 1 heterocycles. The summed E-state index contributed by atoms with van der Waals surface area (Å²) < 4.78 is 67.2. The normalized spacial score (nSPS) is 14.1. The number of nitrogens with zero attached hydrogens (tertiary/aromatic N) is 2. The van der Waals surface area contributed by atoms with Crippen molar-refractivity contribution in [2.45, 2.75) is 23.3 Å². The molecule has 0 unspecified atom stereocenters. The van der Waals surface area contributed by atoms with Crippen molar-refractivity contribution < 1.29 is 31.1 Å². The van der Waals surface area contributed by atoms with Gasteiger partial charge in [-0.15, -0.1) is 0 Å². The van der Waals surface area contributed by atoms with Crippen molar-refractivity contribution in [3.63, 3.8) is 0 Å². The van der Waals surface area contributed by atoms with E-state index in [9.17, 15) is 21.6 Å². The quantitative estimate of drug-likeness (QED) is 0.228. The third-order valence-corrected chi connectivity index (χ3v) is 11.0. The average Bonchev–Trinajstić information content (AvgIpc) is 3.07. The predicted molar refractivity (Wildman–Crippen MR) is 171 cm³/mol. The first-order chi connectivity index (χ1) is 21.7. The molecule has 4 aromatic rings. The van der Waals surface area contributed by atoms with Gasteiger partial charge in [0.15, 0.2) is 0 Å². The minimum atomic E-state index is -4.03. The molecule has 5 rings (SSSR count). The molecule has 4 aromatic carbocycles. The van der Waals surface area contributed by atoms with Gasteiger partial charge >= 0.3 is 0 Å². The highest BCUT2D eigenvalue weighted by Crippen LogP contribution is 2.29. The zero-order chi connectivity index (χ0) is 31.9. The number of ether oxygens (including phenoxy) is 2. The third kappa shape index (κ3) is 7.71. The summed E-state index contributed by atoms with van der Waals surface area (Å²) in [6, 6.07) is 28.5. The summed E-state index contributed by atoms with van der Waals surface area (Å²) in [5, 5.41) is 2.81. The molecule has 0 radical (unpaired) electrons. The van der Waals surface area contributed by atoms with Crippen LogP contribution in [0.3, 0.4) is 0 Å². The van der Waals surface area contributed by atoms with Crippen molar-refractivity contribution in [2.75, 3.05) is 43.8 Å². The number of benzene rings is 4. The smallest absolute Gasteiger partial charge is 0.264 e. The van der Waals surface area contributed by atoms with Crippen LogP contribution in [0, 0.1) is 6.92 Å². The number of hydrogen-bond acceptors (Lipinski definition) is 7. The Bertz CT molecular complexity index is 1810. The van der Waals surface area contributed by atoms with E-state index in [1.807, 2.05) is 37.3 Å². The number of sulfonamides is 2. The van der Waals surface area contributed by atoms with Crippen molar-refractivity contribution in [2.24, 2.45) is 0 Å². The van der Waals surface area contributed by atoms with Crippen LogP contribution in [0.25, 0.3) is 0 Å². The molecule has 1 fully saturated rings. The molecule has 45 heavy (non-hydrogen) atoms. The van der Waals surface area contributed by atoms with Gasteiger partial charge in [-0.3, -0.25) is 9.10 Å². The number of morpholine rings is 1. The van der Waals surface area contributed by atoms with Gasteiger partial charge < -0.3 is 14.8 Å². The maximum atomic E-state index is 13.9. The summed E-state index contributed by atoms with van der Waals surface area (Å²) in [6.45, 7) is 3.50. The van der Waals surface area contributed by atoms with Crippen molar-refractivity contribution in [3.05, 3.63) is 120 Å². The standard InChI is InChI=1S/C33H35N3O7S2/c1-26-11-15-30(16-12-26)45(40,41)36(25-27-7-3-2-4-8-27)32-10-6-5-9-31(32)33(37)34-19-22-43-28-13-17-29(18-14-28)44(38,39)35-20-23-42-24-21-35/h2-18H,19-25H2,1H3,(H,34,37). The summed E-state index contributed by atoms with van der Waals surface area (Å²) in [7, 11) is -7.64. The fourth-order valence-electron chi connectivity index (χ4n) is 4.84. The van der Waals surface area contributed by atoms with Gasteiger partial charge in [-0.1, -0.05) is 60.2 Å². The lowest BCUT2D eigenvalue weighted by Crippen LogP contribution is -2.40. The van der Waals surface area contributed by atoms with E-state index in [0.29, 0.717) is 32.1 Å². The Labute approximate surface area is 264 Å². The molecule has 1 aliphatic heterocycles. The van der Waals surface area contributed by atoms with E-state index in [1.54, 1.807) is 60.7 Å². The lowest BCUT2D eigenvalue weighted by atomic mass is 10.1. The molecule has 1 aliphatic rings. The summed E-state index contributed by atoms with van der Waals surface area (Å²) in [6.07, 6.45) is 0. The lowest BCUT2D eigenvalue weighted by molar-refractivity contribution is 0.0730. The highest BCUT2D eigenvalue weighted by Gasteiger charge is 2.29. The van der Waals surface area contributed by atoms with Crippen LogP contribution in [0.15, 0.2) is 113 Å². The van der Waals surface area contributed by atoms with E-state index in [2.05, 4.69) is 5.32 Å². The number of para-hydroxylation sites is 1. The van der Waals surface area contributed by atoms with E-state index >= 15 is 0 Å².